The predicted molar refractivity (Wildman–Crippen MR) is 73.0 cm³/mol. The van der Waals surface area contributed by atoms with Crippen LogP contribution in [0.5, 0.6) is 0 Å². The van der Waals surface area contributed by atoms with Crippen molar-refractivity contribution in [2.45, 2.75) is 44.7 Å². The van der Waals surface area contributed by atoms with Crippen molar-refractivity contribution < 1.29 is 0 Å². The molecule has 17 heavy (non-hydrogen) atoms. The first-order valence-electron chi connectivity index (χ1n) is 6.70. The van der Waals surface area contributed by atoms with Gasteiger partial charge in [0.25, 0.3) is 0 Å². The van der Waals surface area contributed by atoms with Crippen LogP contribution < -0.4 is 5.73 Å². The molecule has 1 fully saturated rings. The molecular weight excluding hydrogens is 208 g/mol. The normalized spacial score (nSPS) is 18.1. The van der Waals surface area contributed by atoms with Crippen molar-refractivity contribution in [3.63, 3.8) is 0 Å². The Hall–Kier alpha value is -0.860. The van der Waals surface area contributed by atoms with Gasteiger partial charge in [0.15, 0.2) is 0 Å². The molecule has 0 saturated heterocycles. The van der Waals surface area contributed by atoms with Gasteiger partial charge < -0.3 is 5.73 Å². The molecule has 2 heteroatoms. The van der Waals surface area contributed by atoms with Gasteiger partial charge in [-0.05, 0) is 43.5 Å². The number of benzene rings is 1. The molecule has 1 saturated carbocycles. The van der Waals surface area contributed by atoms with E-state index in [1.54, 1.807) is 0 Å². The van der Waals surface area contributed by atoms with Gasteiger partial charge in [-0.2, -0.15) is 0 Å². The van der Waals surface area contributed by atoms with Gasteiger partial charge in [0.05, 0.1) is 0 Å². The topological polar surface area (TPSA) is 29.3 Å². The van der Waals surface area contributed by atoms with Crippen LogP contribution in [0, 0.1) is 0 Å². The molecule has 94 valence electrons. The molecule has 0 radical (unpaired) electrons. The third kappa shape index (κ3) is 3.08. The molecule has 0 aromatic heterocycles. The van der Waals surface area contributed by atoms with Crippen LogP contribution in [0.1, 0.15) is 43.2 Å². The monoisotopic (exact) mass is 232 g/mol. The van der Waals surface area contributed by atoms with Crippen molar-refractivity contribution in [2.75, 3.05) is 13.6 Å². The van der Waals surface area contributed by atoms with Gasteiger partial charge in [-0.15, -0.1) is 0 Å². The minimum atomic E-state index is 0.466. The fourth-order valence-corrected chi connectivity index (χ4v) is 2.33. The molecule has 2 rings (SSSR count). The van der Waals surface area contributed by atoms with E-state index in [2.05, 4.69) is 43.1 Å². The quantitative estimate of drug-likeness (QED) is 0.846. The second-order valence-corrected chi connectivity index (χ2v) is 5.38. The lowest BCUT2D eigenvalue weighted by Crippen LogP contribution is -2.36. The number of nitrogens with two attached hydrogens (primary N) is 1. The van der Waals surface area contributed by atoms with Crippen molar-refractivity contribution in [1.82, 2.24) is 4.90 Å². The maximum absolute atomic E-state index is 5.68. The lowest BCUT2D eigenvalue weighted by atomic mass is 9.91. The van der Waals surface area contributed by atoms with Crippen LogP contribution in [-0.2, 0) is 6.54 Å². The van der Waals surface area contributed by atoms with Crippen molar-refractivity contribution in [3.05, 3.63) is 35.4 Å². The molecular formula is C15H24N2. The molecule has 0 spiro atoms. The minimum absolute atomic E-state index is 0.466. The summed E-state index contributed by atoms with van der Waals surface area (Å²) < 4.78 is 0. The van der Waals surface area contributed by atoms with E-state index in [9.17, 15) is 0 Å². The number of hydrogen-bond donors (Lipinski definition) is 1. The molecule has 1 atom stereocenters. The van der Waals surface area contributed by atoms with Crippen LogP contribution in [0.2, 0.25) is 0 Å². The summed E-state index contributed by atoms with van der Waals surface area (Å²) in [5.74, 6) is 0.466. The zero-order chi connectivity index (χ0) is 12.3. The van der Waals surface area contributed by atoms with Crippen LogP contribution in [0.15, 0.2) is 24.3 Å². The molecule has 1 aromatic carbocycles. The van der Waals surface area contributed by atoms with Crippen LogP contribution in [-0.4, -0.2) is 24.5 Å². The smallest absolute Gasteiger partial charge is 0.0233 e. The van der Waals surface area contributed by atoms with E-state index in [0.717, 1.165) is 19.1 Å². The third-order valence-corrected chi connectivity index (χ3v) is 4.03. The van der Waals surface area contributed by atoms with E-state index in [-0.39, 0.29) is 0 Å². The molecule has 0 aliphatic heterocycles. The van der Waals surface area contributed by atoms with E-state index in [0.29, 0.717) is 5.92 Å². The minimum Gasteiger partial charge on any atom is -0.330 e. The molecule has 1 aromatic rings. The molecule has 2 N–H and O–H groups in total. The van der Waals surface area contributed by atoms with Gasteiger partial charge in [0.1, 0.15) is 0 Å². The zero-order valence-electron chi connectivity index (χ0n) is 11.0. The fraction of sp³-hybridized carbons (Fsp3) is 0.600. The highest BCUT2D eigenvalue weighted by Gasteiger charge is 2.21. The van der Waals surface area contributed by atoms with Gasteiger partial charge in [-0.3, -0.25) is 4.90 Å². The Morgan fingerprint density at radius 2 is 1.94 bits per heavy atom. The lowest BCUT2D eigenvalue weighted by Gasteiger charge is -2.34. The Balaban J connectivity index is 1.93. The summed E-state index contributed by atoms with van der Waals surface area (Å²) in [5.41, 5.74) is 8.44. The highest BCUT2D eigenvalue weighted by molar-refractivity contribution is 5.25. The summed E-state index contributed by atoms with van der Waals surface area (Å²) in [4.78, 5) is 2.48. The van der Waals surface area contributed by atoms with E-state index in [1.807, 2.05) is 0 Å². The number of hydrogen-bond acceptors (Lipinski definition) is 2. The van der Waals surface area contributed by atoms with Crippen molar-refractivity contribution in [1.29, 1.82) is 0 Å². The molecule has 2 nitrogen and oxygen atoms in total. The zero-order valence-corrected chi connectivity index (χ0v) is 11.0. The first-order chi connectivity index (χ1) is 8.20. The van der Waals surface area contributed by atoms with E-state index in [1.165, 1.54) is 30.4 Å². The Morgan fingerprint density at radius 1 is 1.29 bits per heavy atom. The highest BCUT2D eigenvalue weighted by Crippen LogP contribution is 2.25. The van der Waals surface area contributed by atoms with Crippen molar-refractivity contribution in [3.8, 4) is 0 Å². The molecule has 0 heterocycles. The van der Waals surface area contributed by atoms with Gasteiger partial charge in [-0.25, -0.2) is 0 Å². The summed E-state index contributed by atoms with van der Waals surface area (Å²) >= 11 is 0. The van der Waals surface area contributed by atoms with Crippen LogP contribution in [0.3, 0.4) is 0 Å². The molecule has 1 unspecified atom stereocenters. The Labute approximate surface area is 105 Å². The van der Waals surface area contributed by atoms with Crippen LogP contribution >= 0.6 is 0 Å². The number of nitrogens with zero attached hydrogens (tertiary/aromatic N) is 1. The molecule has 1 aliphatic carbocycles. The summed E-state index contributed by atoms with van der Waals surface area (Å²) in [6.07, 6.45) is 4.15. The SMILES string of the molecule is CC(CN)c1ccc(CN(C)C2CCC2)cc1. The maximum atomic E-state index is 5.68. The summed E-state index contributed by atoms with van der Waals surface area (Å²) in [6.45, 7) is 3.97. The molecule has 1 aliphatic rings. The van der Waals surface area contributed by atoms with Gasteiger partial charge in [0, 0.05) is 12.6 Å². The van der Waals surface area contributed by atoms with Crippen molar-refractivity contribution in [2.24, 2.45) is 5.73 Å². The largest absolute Gasteiger partial charge is 0.330 e. The van der Waals surface area contributed by atoms with Crippen LogP contribution in [0.4, 0.5) is 0 Å². The van der Waals surface area contributed by atoms with E-state index < -0.39 is 0 Å². The molecule has 0 amide bonds. The first-order valence-corrected chi connectivity index (χ1v) is 6.70. The van der Waals surface area contributed by atoms with Crippen molar-refractivity contribution >= 4 is 0 Å². The predicted octanol–water partition coefficient (Wildman–Crippen LogP) is 2.73. The lowest BCUT2D eigenvalue weighted by molar-refractivity contribution is 0.152. The second kappa shape index (κ2) is 5.65. The standard InChI is InChI=1S/C15H24N2/c1-12(10-16)14-8-6-13(7-9-14)11-17(2)15-4-3-5-15/h6-9,12,15H,3-5,10-11,16H2,1-2H3. The number of rotatable bonds is 5. The third-order valence-electron chi connectivity index (χ3n) is 4.03. The van der Waals surface area contributed by atoms with Gasteiger partial charge >= 0.3 is 0 Å². The Morgan fingerprint density at radius 3 is 2.41 bits per heavy atom. The van der Waals surface area contributed by atoms with Crippen LogP contribution in [0.25, 0.3) is 0 Å². The highest BCUT2D eigenvalue weighted by atomic mass is 15.1. The Kier molecular flexibility index (Phi) is 4.19. The maximum Gasteiger partial charge on any atom is 0.0233 e. The average Bonchev–Trinajstić information content (AvgIpc) is 2.26. The summed E-state index contributed by atoms with van der Waals surface area (Å²) in [6, 6.07) is 9.76. The van der Waals surface area contributed by atoms with Gasteiger partial charge in [0.2, 0.25) is 0 Å². The van der Waals surface area contributed by atoms with E-state index in [4.69, 9.17) is 5.73 Å². The average molecular weight is 232 g/mol. The Bertz CT molecular complexity index is 340. The fourth-order valence-electron chi connectivity index (χ4n) is 2.33. The van der Waals surface area contributed by atoms with Gasteiger partial charge in [-0.1, -0.05) is 37.6 Å². The first kappa shape index (κ1) is 12.6. The second-order valence-electron chi connectivity index (χ2n) is 5.38. The summed E-state index contributed by atoms with van der Waals surface area (Å²) in [5, 5.41) is 0. The van der Waals surface area contributed by atoms with E-state index >= 15 is 0 Å². The summed E-state index contributed by atoms with van der Waals surface area (Å²) in [7, 11) is 2.24. The molecule has 0 bridgehead atoms.